The van der Waals surface area contributed by atoms with Crippen molar-refractivity contribution in [2.24, 2.45) is 0 Å². The molecule has 2 rings (SSSR count). The molecule has 0 unspecified atom stereocenters. The highest BCUT2D eigenvalue weighted by Gasteiger charge is 2.15. The van der Waals surface area contributed by atoms with Gasteiger partial charge in [-0.25, -0.2) is 9.78 Å². The number of aromatic nitrogens is 3. The summed E-state index contributed by atoms with van der Waals surface area (Å²) in [6.07, 6.45) is 4.36. The number of amides is 2. The van der Waals surface area contributed by atoms with Crippen molar-refractivity contribution in [3.05, 3.63) is 24.0 Å². The predicted molar refractivity (Wildman–Crippen MR) is 87.9 cm³/mol. The van der Waals surface area contributed by atoms with Crippen LogP contribution in [0.5, 0.6) is 5.88 Å². The fourth-order valence-electron chi connectivity index (χ4n) is 2.02. The number of fused-ring (bicyclic) bond motifs is 1. The van der Waals surface area contributed by atoms with Gasteiger partial charge in [0.05, 0.1) is 30.3 Å². The summed E-state index contributed by atoms with van der Waals surface area (Å²) in [4.78, 5) is 16.1. The molecule has 0 radical (unpaired) electrons. The Morgan fingerprint density at radius 1 is 1.52 bits per heavy atom. The third kappa shape index (κ3) is 3.96. The molecule has 5 N–H and O–H groups in total. The molecule has 0 spiro atoms. The highest BCUT2D eigenvalue weighted by Crippen LogP contribution is 2.27. The summed E-state index contributed by atoms with van der Waals surface area (Å²) in [6.45, 7) is 2.75. The molecule has 9 heteroatoms. The molecule has 2 heterocycles. The van der Waals surface area contributed by atoms with Crippen molar-refractivity contribution in [2.45, 2.75) is 13.5 Å². The number of aromatic amines is 1. The molecule has 0 aliphatic heterocycles. The summed E-state index contributed by atoms with van der Waals surface area (Å²) in [7, 11) is 1.53. The monoisotopic (exact) mass is 317 g/mol. The average Bonchev–Trinajstić information content (AvgIpc) is 2.94. The molecule has 0 atom stereocenters. The van der Waals surface area contributed by atoms with Gasteiger partial charge in [0, 0.05) is 18.8 Å². The molecule has 0 bridgehead atoms. The van der Waals surface area contributed by atoms with Gasteiger partial charge >= 0.3 is 6.03 Å². The van der Waals surface area contributed by atoms with Gasteiger partial charge in [-0.3, -0.25) is 10.4 Å². The van der Waals surface area contributed by atoms with Crippen molar-refractivity contribution in [2.75, 3.05) is 19.0 Å². The number of rotatable bonds is 7. The summed E-state index contributed by atoms with van der Waals surface area (Å²) in [5.74, 6) is 0.840. The van der Waals surface area contributed by atoms with E-state index in [1.54, 1.807) is 18.3 Å². The Hall–Kier alpha value is -3.10. The molecule has 2 amide bonds. The van der Waals surface area contributed by atoms with Gasteiger partial charge in [0.25, 0.3) is 0 Å². The standard InChI is InChI=1S/C14H19N7O2/c1-3-17-14(22)19-11-7-9-12(13(23-2)21-20-9)10(18-11)8-16-6-4-5-15/h4-7,15-16H,3,8H2,1-2H3,(H,20,21)(H2,17,18,19,22)/b6-4-,15-5?. The van der Waals surface area contributed by atoms with Crippen molar-refractivity contribution < 1.29 is 9.53 Å². The minimum absolute atomic E-state index is 0.326. The number of nitrogens with one attached hydrogen (secondary N) is 5. The topological polar surface area (TPSA) is 128 Å². The lowest BCUT2D eigenvalue weighted by Gasteiger charge is -2.09. The summed E-state index contributed by atoms with van der Waals surface area (Å²) < 4.78 is 5.23. The smallest absolute Gasteiger partial charge is 0.320 e. The van der Waals surface area contributed by atoms with E-state index in [4.69, 9.17) is 10.1 Å². The van der Waals surface area contributed by atoms with Gasteiger partial charge in [0.2, 0.25) is 5.88 Å². The number of carbonyl (C=O) groups is 1. The minimum atomic E-state index is -0.326. The highest BCUT2D eigenvalue weighted by atomic mass is 16.5. The summed E-state index contributed by atoms with van der Waals surface area (Å²) in [5.41, 5.74) is 1.37. The van der Waals surface area contributed by atoms with Crippen molar-refractivity contribution in [3.8, 4) is 5.88 Å². The van der Waals surface area contributed by atoms with Crippen molar-refractivity contribution >= 4 is 29.0 Å². The van der Waals surface area contributed by atoms with Crippen molar-refractivity contribution in [1.82, 2.24) is 25.8 Å². The number of hydrogen-bond acceptors (Lipinski definition) is 6. The van der Waals surface area contributed by atoms with Gasteiger partial charge in [0.15, 0.2) is 0 Å². The molecule has 0 aliphatic rings. The average molecular weight is 317 g/mol. The number of ether oxygens (including phenoxy) is 1. The minimum Gasteiger partial charge on any atom is -0.479 e. The Balaban J connectivity index is 2.34. The number of hydrogen-bond donors (Lipinski definition) is 5. The van der Waals surface area contributed by atoms with Crippen LogP contribution in [0.4, 0.5) is 10.6 Å². The first-order chi connectivity index (χ1) is 11.2. The molecule has 0 fully saturated rings. The van der Waals surface area contributed by atoms with E-state index in [1.807, 2.05) is 6.92 Å². The van der Waals surface area contributed by atoms with Crippen molar-refractivity contribution in [1.29, 1.82) is 5.41 Å². The maximum Gasteiger partial charge on any atom is 0.320 e. The Bertz CT molecular complexity index is 723. The van der Waals surface area contributed by atoms with E-state index >= 15 is 0 Å². The fraction of sp³-hybridized carbons (Fsp3) is 0.286. The maximum atomic E-state index is 11.7. The summed E-state index contributed by atoms with van der Waals surface area (Å²) in [6, 6.07) is 1.37. The van der Waals surface area contributed by atoms with Gasteiger partial charge < -0.3 is 20.8 Å². The first-order valence-corrected chi connectivity index (χ1v) is 7.05. The van der Waals surface area contributed by atoms with Gasteiger partial charge in [-0.2, -0.15) is 0 Å². The van der Waals surface area contributed by atoms with Crippen LogP contribution < -0.4 is 20.7 Å². The van der Waals surface area contributed by atoms with Crippen LogP contribution in [-0.2, 0) is 6.54 Å². The van der Waals surface area contributed by atoms with Crippen LogP contribution in [-0.4, -0.2) is 41.1 Å². The SMILES string of the molecule is CCNC(=O)Nc1cc2[nH]nc(OC)c2c(CN/C=C\C=N)n1. The lowest BCUT2D eigenvalue weighted by Crippen LogP contribution is -2.28. The summed E-state index contributed by atoms with van der Waals surface area (Å²) >= 11 is 0. The molecule has 23 heavy (non-hydrogen) atoms. The third-order valence-corrected chi connectivity index (χ3v) is 2.94. The van der Waals surface area contributed by atoms with Crippen LogP contribution in [0.3, 0.4) is 0 Å². The zero-order chi connectivity index (χ0) is 16.7. The number of pyridine rings is 1. The molecule has 2 aromatic heterocycles. The lowest BCUT2D eigenvalue weighted by atomic mass is 10.2. The second-order valence-electron chi connectivity index (χ2n) is 4.50. The molecule has 122 valence electrons. The molecular weight excluding hydrogens is 298 g/mol. The number of H-pyrrole nitrogens is 1. The van der Waals surface area contributed by atoms with Crippen LogP contribution in [0.2, 0.25) is 0 Å². The first-order valence-electron chi connectivity index (χ1n) is 7.05. The van der Waals surface area contributed by atoms with Gasteiger partial charge in [-0.1, -0.05) is 0 Å². The van der Waals surface area contributed by atoms with Gasteiger partial charge in [-0.05, 0) is 19.2 Å². The van der Waals surface area contributed by atoms with Crippen LogP contribution in [0.1, 0.15) is 12.6 Å². The Morgan fingerprint density at radius 2 is 2.35 bits per heavy atom. The molecule has 0 aromatic carbocycles. The zero-order valence-corrected chi connectivity index (χ0v) is 12.9. The normalized spacial score (nSPS) is 10.7. The quantitative estimate of drug-likeness (QED) is 0.493. The van der Waals surface area contributed by atoms with E-state index in [9.17, 15) is 4.79 Å². The van der Waals surface area contributed by atoms with Crippen LogP contribution in [0.15, 0.2) is 18.3 Å². The maximum absolute atomic E-state index is 11.7. The van der Waals surface area contributed by atoms with E-state index in [1.165, 1.54) is 13.3 Å². The molecule has 0 aliphatic carbocycles. The fourth-order valence-corrected chi connectivity index (χ4v) is 2.02. The highest BCUT2D eigenvalue weighted by molar-refractivity contribution is 5.93. The number of carbonyl (C=O) groups excluding carboxylic acids is 1. The predicted octanol–water partition coefficient (Wildman–Crippen LogP) is 1.36. The van der Waals surface area contributed by atoms with E-state index in [2.05, 4.69) is 31.1 Å². The van der Waals surface area contributed by atoms with E-state index in [0.717, 1.165) is 5.39 Å². The zero-order valence-electron chi connectivity index (χ0n) is 12.9. The Morgan fingerprint density at radius 3 is 3.04 bits per heavy atom. The van der Waals surface area contributed by atoms with Crippen molar-refractivity contribution in [3.63, 3.8) is 0 Å². The molecule has 2 aromatic rings. The molecule has 0 saturated heterocycles. The Kier molecular flexibility index (Phi) is 5.50. The molecule has 9 nitrogen and oxygen atoms in total. The van der Waals surface area contributed by atoms with E-state index in [0.29, 0.717) is 36.0 Å². The van der Waals surface area contributed by atoms with Gasteiger partial charge in [-0.15, -0.1) is 5.10 Å². The largest absolute Gasteiger partial charge is 0.479 e. The number of anilines is 1. The summed E-state index contributed by atoms with van der Waals surface area (Å²) in [5, 5.41) is 23.0. The molecule has 0 saturated carbocycles. The lowest BCUT2D eigenvalue weighted by molar-refractivity contribution is 0.252. The van der Waals surface area contributed by atoms with Crippen LogP contribution in [0, 0.1) is 5.41 Å². The second-order valence-corrected chi connectivity index (χ2v) is 4.50. The molecular formula is C14H19N7O2. The van der Waals surface area contributed by atoms with E-state index < -0.39 is 0 Å². The van der Waals surface area contributed by atoms with E-state index in [-0.39, 0.29) is 6.03 Å². The third-order valence-electron chi connectivity index (χ3n) is 2.94. The van der Waals surface area contributed by atoms with Gasteiger partial charge in [0.1, 0.15) is 5.82 Å². The van der Waals surface area contributed by atoms with Crippen LogP contribution in [0.25, 0.3) is 10.9 Å². The number of nitrogens with zero attached hydrogens (tertiary/aromatic N) is 2. The van der Waals surface area contributed by atoms with Crippen LogP contribution >= 0.6 is 0 Å². The number of urea groups is 1. The number of methoxy groups -OCH3 is 1. The Labute approximate surface area is 133 Å². The second kappa shape index (κ2) is 7.78. The first kappa shape index (κ1) is 16.3. The number of allylic oxidation sites excluding steroid dienone is 1.